The number of piperidine rings is 1. The highest BCUT2D eigenvalue weighted by molar-refractivity contribution is 5.83. The molecule has 4 heteroatoms. The number of β-amino-alcohol motifs (C(OH)–C–C–N with tert-alkyl or cyclic N) is 1. The van der Waals surface area contributed by atoms with Crippen molar-refractivity contribution in [1.82, 2.24) is 10.2 Å². The minimum absolute atomic E-state index is 0.0116. The van der Waals surface area contributed by atoms with Crippen LogP contribution in [0.25, 0.3) is 0 Å². The van der Waals surface area contributed by atoms with Gasteiger partial charge < -0.3 is 15.3 Å². The molecule has 2 heterocycles. The van der Waals surface area contributed by atoms with E-state index in [2.05, 4.69) is 5.32 Å². The van der Waals surface area contributed by atoms with Gasteiger partial charge in [0.2, 0.25) is 5.91 Å². The Kier molecular flexibility index (Phi) is 2.44. The lowest BCUT2D eigenvalue weighted by Gasteiger charge is -2.48. The van der Waals surface area contributed by atoms with E-state index >= 15 is 0 Å². The summed E-state index contributed by atoms with van der Waals surface area (Å²) < 4.78 is 0. The Hall–Kier alpha value is -0.610. The molecule has 3 fully saturated rings. The predicted molar refractivity (Wildman–Crippen MR) is 59.9 cm³/mol. The number of aliphatic hydroxyl groups is 1. The highest BCUT2D eigenvalue weighted by Crippen LogP contribution is 2.44. The summed E-state index contributed by atoms with van der Waals surface area (Å²) in [5.74, 6) is 0.667. The summed E-state index contributed by atoms with van der Waals surface area (Å²) in [6.07, 6.45) is 5.55. The maximum atomic E-state index is 12.1. The van der Waals surface area contributed by atoms with Gasteiger partial charge in [0.15, 0.2) is 0 Å². The molecule has 2 saturated heterocycles. The second kappa shape index (κ2) is 3.70. The number of rotatable bonds is 2. The van der Waals surface area contributed by atoms with Gasteiger partial charge in [-0.1, -0.05) is 6.42 Å². The topological polar surface area (TPSA) is 52.6 Å². The van der Waals surface area contributed by atoms with Crippen LogP contribution in [0.5, 0.6) is 0 Å². The summed E-state index contributed by atoms with van der Waals surface area (Å²) in [5, 5.41) is 13.4. The van der Waals surface area contributed by atoms with Gasteiger partial charge in [-0.2, -0.15) is 0 Å². The first-order chi connectivity index (χ1) is 7.69. The normalized spacial score (nSPS) is 33.3. The summed E-state index contributed by atoms with van der Waals surface area (Å²) >= 11 is 0. The van der Waals surface area contributed by atoms with Gasteiger partial charge in [0, 0.05) is 0 Å². The van der Waals surface area contributed by atoms with Crippen molar-refractivity contribution >= 4 is 5.91 Å². The summed E-state index contributed by atoms with van der Waals surface area (Å²) in [6.45, 7) is 2.08. The van der Waals surface area contributed by atoms with Crippen molar-refractivity contribution in [3.05, 3.63) is 0 Å². The molecule has 90 valence electrons. The molecule has 1 unspecified atom stereocenters. The first kappa shape index (κ1) is 10.5. The molecule has 3 rings (SSSR count). The first-order valence-electron chi connectivity index (χ1n) is 6.44. The van der Waals surface area contributed by atoms with Crippen LogP contribution in [0.4, 0.5) is 0 Å². The Balaban J connectivity index is 1.53. The molecule has 2 N–H and O–H groups in total. The number of hydrogen-bond acceptors (Lipinski definition) is 3. The van der Waals surface area contributed by atoms with Gasteiger partial charge in [0.05, 0.1) is 19.1 Å². The Morgan fingerprint density at radius 3 is 2.56 bits per heavy atom. The number of hydrogen-bond donors (Lipinski definition) is 2. The number of nitrogens with one attached hydrogen (secondary N) is 1. The van der Waals surface area contributed by atoms with Crippen molar-refractivity contribution in [3.63, 3.8) is 0 Å². The largest absolute Gasteiger partial charge is 0.386 e. The number of likely N-dealkylation sites (tertiary alicyclic amines) is 1. The molecule has 1 saturated carbocycles. The van der Waals surface area contributed by atoms with Crippen LogP contribution in [-0.4, -0.2) is 47.2 Å². The molecule has 2 aliphatic heterocycles. The summed E-state index contributed by atoms with van der Waals surface area (Å²) in [5.41, 5.74) is -0.537. The van der Waals surface area contributed by atoms with Gasteiger partial charge in [0.25, 0.3) is 0 Å². The quantitative estimate of drug-likeness (QED) is 0.700. The monoisotopic (exact) mass is 224 g/mol. The van der Waals surface area contributed by atoms with Crippen molar-refractivity contribution in [3.8, 4) is 0 Å². The maximum absolute atomic E-state index is 12.1. The van der Waals surface area contributed by atoms with Gasteiger partial charge in [0.1, 0.15) is 5.60 Å². The standard InChI is InChI=1S/C12H20N2O2/c15-11(10-3-1-2-6-13-10)14-7-12(16,8-14)9-4-5-9/h9-10,13,16H,1-8H2. The van der Waals surface area contributed by atoms with Gasteiger partial charge in [-0.05, 0) is 38.1 Å². The van der Waals surface area contributed by atoms with Crippen molar-refractivity contribution in [2.75, 3.05) is 19.6 Å². The highest BCUT2D eigenvalue weighted by Gasteiger charge is 2.53. The molecular formula is C12H20N2O2. The third-order valence-electron chi connectivity index (χ3n) is 4.19. The van der Waals surface area contributed by atoms with Crippen LogP contribution in [0.3, 0.4) is 0 Å². The number of amides is 1. The third kappa shape index (κ3) is 1.74. The average Bonchev–Trinajstić information content (AvgIpc) is 3.09. The molecule has 0 aromatic heterocycles. The zero-order valence-electron chi connectivity index (χ0n) is 9.61. The minimum Gasteiger partial charge on any atom is -0.386 e. The van der Waals surface area contributed by atoms with Crippen LogP contribution in [0.1, 0.15) is 32.1 Å². The summed E-state index contributed by atoms with van der Waals surface area (Å²) in [4.78, 5) is 13.9. The summed E-state index contributed by atoms with van der Waals surface area (Å²) in [6, 6.07) is 0.0116. The van der Waals surface area contributed by atoms with Crippen LogP contribution in [-0.2, 0) is 4.79 Å². The fraction of sp³-hybridized carbons (Fsp3) is 0.917. The van der Waals surface area contributed by atoms with E-state index in [1.54, 1.807) is 0 Å². The Morgan fingerprint density at radius 1 is 1.25 bits per heavy atom. The molecule has 4 nitrogen and oxygen atoms in total. The Bertz CT molecular complexity index is 289. The van der Waals surface area contributed by atoms with Crippen molar-refractivity contribution < 1.29 is 9.90 Å². The molecular weight excluding hydrogens is 204 g/mol. The molecule has 0 radical (unpaired) electrons. The van der Waals surface area contributed by atoms with Crippen LogP contribution in [0.15, 0.2) is 0 Å². The van der Waals surface area contributed by atoms with Crippen LogP contribution in [0, 0.1) is 5.92 Å². The van der Waals surface area contributed by atoms with E-state index < -0.39 is 5.60 Å². The van der Waals surface area contributed by atoms with E-state index in [-0.39, 0.29) is 11.9 Å². The first-order valence-corrected chi connectivity index (χ1v) is 6.44. The SMILES string of the molecule is O=C(C1CCCCN1)N1CC(O)(C2CC2)C1. The lowest BCUT2D eigenvalue weighted by Crippen LogP contribution is -2.67. The lowest BCUT2D eigenvalue weighted by atomic mass is 9.87. The number of nitrogens with zero attached hydrogens (tertiary/aromatic N) is 1. The van der Waals surface area contributed by atoms with Crippen LogP contribution < -0.4 is 5.32 Å². The molecule has 0 spiro atoms. The van der Waals surface area contributed by atoms with E-state index in [0.717, 1.165) is 32.2 Å². The zero-order chi connectivity index (χ0) is 11.2. The van der Waals surface area contributed by atoms with E-state index in [0.29, 0.717) is 19.0 Å². The molecule has 1 amide bonds. The average molecular weight is 224 g/mol. The zero-order valence-corrected chi connectivity index (χ0v) is 9.61. The van der Waals surface area contributed by atoms with E-state index in [4.69, 9.17) is 0 Å². The third-order valence-corrected chi connectivity index (χ3v) is 4.19. The molecule has 1 atom stereocenters. The molecule has 1 aliphatic carbocycles. The van der Waals surface area contributed by atoms with Crippen LogP contribution >= 0.6 is 0 Å². The van der Waals surface area contributed by atoms with Gasteiger partial charge in [-0.15, -0.1) is 0 Å². The van der Waals surface area contributed by atoms with E-state index in [9.17, 15) is 9.90 Å². The molecule has 0 bridgehead atoms. The summed E-state index contributed by atoms with van der Waals surface area (Å²) in [7, 11) is 0. The van der Waals surface area contributed by atoms with Gasteiger partial charge in [-0.25, -0.2) is 0 Å². The molecule has 16 heavy (non-hydrogen) atoms. The maximum Gasteiger partial charge on any atom is 0.239 e. The fourth-order valence-electron chi connectivity index (χ4n) is 2.93. The minimum atomic E-state index is -0.537. The van der Waals surface area contributed by atoms with Crippen LogP contribution in [0.2, 0.25) is 0 Å². The van der Waals surface area contributed by atoms with Crippen molar-refractivity contribution in [1.29, 1.82) is 0 Å². The fourth-order valence-corrected chi connectivity index (χ4v) is 2.93. The highest BCUT2D eigenvalue weighted by atomic mass is 16.3. The molecule has 0 aromatic carbocycles. The Labute approximate surface area is 96.0 Å². The molecule has 0 aromatic rings. The van der Waals surface area contributed by atoms with Crippen molar-refractivity contribution in [2.45, 2.75) is 43.7 Å². The van der Waals surface area contributed by atoms with E-state index in [1.807, 2.05) is 4.90 Å². The van der Waals surface area contributed by atoms with Gasteiger partial charge >= 0.3 is 0 Å². The second-order valence-electron chi connectivity index (χ2n) is 5.57. The number of carbonyl (C=O) groups excluding carboxylic acids is 1. The Morgan fingerprint density at radius 2 is 2.00 bits per heavy atom. The predicted octanol–water partition coefficient (Wildman–Crippen LogP) is 0.112. The number of carbonyl (C=O) groups is 1. The smallest absolute Gasteiger partial charge is 0.239 e. The lowest BCUT2D eigenvalue weighted by molar-refractivity contribution is -0.161. The second-order valence-corrected chi connectivity index (χ2v) is 5.57. The van der Waals surface area contributed by atoms with Crippen molar-refractivity contribution in [2.24, 2.45) is 5.92 Å². The molecule has 3 aliphatic rings. The van der Waals surface area contributed by atoms with Gasteiger partial charge in [-0.3, -0.25) is 4.79 Å². The van der Waals surface area contributed by atoms with E-state index in [1.165, 1.54) is 6.42 Å².